The minimum Gasteiger partial charge on any atom is -0.347 e. The van der Waals surface area contributed by atoms with Gasteiger partial charge in [0.05, 0.1) is 12.7 Å². The van der Waals surface area contributed by atoms with Crippen molar-refractivity contribution in [2.24, 2.45) is 5.92 Å². The molecule has 0 N–H and O–H groups in total. The van der Waals surface area contributed by atoms with E-state index in [1.807, 2.05) is 0 Å². The van der Waals surface area contributed by atoms with Crippen LogP contribution >= 0.6 is 0 Å². The highest BCUT2D eigenvalue weighted by Crippen LogP contribution is 2.36. The highest BCUT2D eigenvalue weighted by atomic mass is 16.7. The molecule has 0 aromatic heterocycles. The minimum atomic E-state index is -0.250. The average molecular weight is 227 g/mol. The molecule has 3 nitrogen and oxygen atoms in total. The summed E-state index contributed by atoms with van der Waals surface area (Å²) < 4.78 is 12.1. The van der Waals surface area contributed by atoms with E-state index in [1.165, 1.54) is 0 Å². The summed E-state index contributed by atoms with van der Waals surface area (Å²) in [5.74, 6) is 0.308. The van der Waals surface area contributed by atoms with Crippen molar-refractivity contribution in [3.05, 3.63) is 0 Å². The third-order valence-corrected chi connectivity index (χ3v) is 3.91. The molecule has 16 heavy (non-hydrogen) atoms. The van der Waals surface area contributed by atoms with Gasteiger partial charge >= 0.3 is 0 Å². The number of hydrogen-bond acceptors (Lipinski definition) is 3. The van der Waals surface area contributed by atoms with Crippen LogP contribution in [0.15, 0.2) is 0 Å². The van der Waals surface area contributed by atoms with Crippen LogP contribution in [-0.2, 0) is 9.47 Å². The van der Waals surface area contributed by atoms with E-state index < -0.39 is 0 Å². The standard InChI is InChI=1S/C13H25NO2/c1-10(2)12-9-15-13(16-12)5-7-14(8-6-13)11(3)4/h10-12H,5-9H2,1-4H3. The smallest absolute Gasteiger partial charge is 0.171 e. The molecule has 0 amide bonds. The number of ether oxygens (including phenoxy) is 2. The normalized spacial score (nSPS) is 30.8. The first-order chi connectivity index (χ1) is 7.52. The van der Waals surface area contributed by atoms with Gasteiger partial charge in [0.25, 0.3) is 0 Å². The maximum absolute atomic E-state index is 6.13. The molecule has 0 bridgehead atoms. The monoisotopic (exact) mass is 227 g/mol. The van der Waals surface area contributed by atoms with Gasteiger partial charge in [0, 0.05) is 32.0 Å². The van der Waals surface area contributed by atoms with Crippen molar-refractivity contribution in [2.75, 3.05) is 19.7 Å². The zero-order valence-corrected chi connectivity index (χ0v) is 11.0. The molecule has 2 fully saturated rings. The lowest BCUT2D eigenvalue weighted by molar-refractivity contribution is -0.199. The van der Waals surface area contributed by atoms with Crippen LogP contribution in [0.2, 0.25) is 0 Å². The van der Waals surface area contributed by atoms with Crippen molar-refractivity contribution in [1.29, 1.82) is 0 Å². The van der Waals surface area contributed by atoms with Gasteiger partial charge in [0.15, 0.2) is 5.79 Å². The molecule has 3 heteroatoms. The van der Waals surface area contributed by atoms with E-state index >= 15 is 0 Å². The van der Waals surface area contributed by atoms with Gasteiger partial charge in [-0.25, -0.2) is 0 Å². The van der Waals surface area contributed by atoms with Crippen molar-refractivity contribution in [3.63, 3.8) is 0 Å². The third-order valence-electron chi connectivity index (χ3n) is 3.91. The van der Waals surface area contributed by atoms with Gasteiger partial charge in [0.2, 0.25) is 0 Å². The van der Waals surface area contributed by atoms with Crippen LogP contribution in [0.1, 0.15) is 40.5 Å². The fourth-order valence-electron chi connectivity index (χ4n) is 2.55. The summed E-state index contributed by atoms with van der Waals surface area (Å²) in [7, 11) is 0. The molecular weight excluding hydrogens is 202 g/mol. The van der Waals surface area contributed by atoms with Crippen LogP contribution in [0.3, 0.4) is 0 Å². The number of hydrogen-bond donors (Lipinski definition) is 0. The summed E-state index contributed by atoms with van der Waals surface area (Å²) in [5.41, 5.74) is 0. The second kappa shape index (κ2) is 4.63. The number of rotatable bonds is 2. The molecule has 2 heterocycles. The Kier molecular flexibility index (Phi) is 3.57. The summed E-state index contributed by atoms with van der Waals surface area (Å²) in [6.07, 6.45) is 2.34. The number of piperidine rings is 1. The minimum absolute atomic E-state index is 0.250. The van der Waals surface area contributed by atoms with Gasteiger partial charge in [0.1, 0.15) is 0 Å². The first-order valence-corrected chi connectivity index (χ1v) is 6.58. The molecule has 1 spiro atoms. The van der Waals surface area contributed by atoms with Gasteiger partial charge in [-0.3, -0.25) is 0 Å². The van der Waals surface area contributed by atoms with Crippen LogP contribution in [0, 0.1) is 5.92 Å². The molecule has 1 atom stereocenters. The lowest BCUT2D eigenvalue weighted by Crippen LogP contribution is -2.47. The zero-order chi connectivity index (χ0) is 11.8. The van der Waals surface area contributed by atoms with Crippen molar-refractivity contribution in [1.82, 2.24) is 4.90 Å². The van der Waals surface area contributed by atoms with Gasteiger partial charge < -0.3 is 14.4 Å². The Morgan fingerprint density at radius 2 is 1.75 bits per heavy atom. The second-order valence-electron chi connectivity index (χ2n) is 5.75. The SMILES string of the molecule is CC(C)C1COC2(CCN(C(C)C)CC2)O1. The topological polar surface area (TPSA) is 21.7 Å². The Morgan fingerprint density at radius 3 is 2.19 bits per heavy atom. The largest absolute Gasteiger partial charge is 0.347 e. The quantitative estimate of drug-likeness (QED) is 0.722. The van der Waals surface area contributed by atoms with Gasteiger partial charge in [-0.2, -0.15) is 0 Å². The van der Waals surface area contributed by atoms with E-state index in [0.717, 1.165) is 32.5 Å². The Morgan fingerprint density at radius 1 is 1.12 bits per heavy atom. The zero-order valence-electron chi connectivity index (χ0n) is 11.0. The highest BCUT2D eigenvalue weighted by Gasteiger charge is 2.44. The summed E-state index contributed by atoms with van der Waals surface area (Å²) in [6, 6.07) is 0.639. The Balaban J connectivity index is 1.89. The molecule has 2 aliphatic rings. The van der Waals surface area contributed by atoms with Crippen LogP contribution < -0.4 is 0 Å². The summed E-state index contributed by atoms with van der Waals surface area (Å²) in [5, 5.41) is 0. The van der Waals surface area contributed by atoms with Crippen molar-refractivity contribution < 1.29 is 9.47 Å². The van der Waals surface area contributed by atoms with Crippen molar-refractivity contribution in [2.45, 2.75) is 58.5 Å². The van der Waals surface area contributed by atoms with Gasteiger partial charge in [-0.05, 0) is 19.8 Å². The van der Waals surface area contributed by atoms with Crippen LogP contribution in [0.4, 0.5) is 0 Å². The third kappa shape index (κ3) is 2.41. The predicted octanol–water partition coefficient (Wildman–Crippen LogP) is 2.26. The van der Waals surface area contributed by atoms with Crippen molar-refractivity contribution in [3.8, 4) is 0 Å². The van der Waals surface area contributed by atoms with E-state index in [-0.39, 0.29) is 5.79 Å². The lowest BCUT2D eigenvalue weighted by atomic mass is 10.0. The molecule has 0 aromatic rings. The molecule has 2 aliphatic heterocycles. The Bertz CT molecular complexity index is 232. The first kappa shape index (κ1) is 12.3. The summed E-state index contributed by atoms with van der Waals surface area (Å²) >= 11 is 0. The van der Waals surface area contributed by atoms with E-state index in [4.69, 9.17) is 9.47 Å². The molecule has 2 saturated heterocycles. The van der Waals surface area contributed by atoms with E-state index in [2.05, 4.69) is 32.6 Å². The number of nitrogens with zero attached hydrogens (tertiary/aromatic N) is 1. The highest BCUT2D eigenvalue weighted by molar-refractivity contribution is 4.87. The maximum atomic E-state index is 6.13. The first-order valence-electron chi connectivity index (χ1n) is 6.58. The lowest BCUT2D eigenvalue weighted by Gasteiger charge is -2.39. The molecule has 94 valence electrons. The summed E-state index contributed by atoms with van der Waals surface area (Å²) in [4.78, 5) is 2.50. The molecule has 2 rings (SSSR count). The van der Waals surface area contributed by atoms with Crippen LogP contribution in [0.25, 0.3) is 0 Å². The average Bonchev–Trinajstić information content (AvgIpc) is 2.63. The molecular formula is C13H25NO2. The summed E-state index contributed by atoms with van der Waals surface area (Å²) in [6.45, 7) is 11.9. The Hall–Kier alpha value is -0.120. The fraction of sp³-hybridized carbons (Fsp3) is 1.00. The molecule has 0 saturated carbocycles. The van der Waals surface area contributed by atoms with E-state index in [0.29, 0.717) is 18.1 Å². The Labute approximate surface area is 99.1 Å². The molecule has 0 aromatic carbocycles. The molecule has 1 unspecified atom stereocenters. The molecule has 0 aliphatic carbocycles. The fourth-order valence-corrected chi connectivity index (χ4v) is 2.55. The van der Waals surface area contributed by atoms with Gasteiger partial charge in [-0.1, -0.05) is 13.8 Å². The van der Waals surface area contributed by atoms with E-state index in [1.54, 1.807) is 0 Å². The molecule has 0 radical (unpaired) electrons. The number of likely N-dealkylation sites (tertiary alicyclic amines) is 1. The van der Waals surface area contributed by atoms with Crippen molar-refractivity contribution >= 4 is 0 Å². The predicted molar refractivity (Wildman–Crippen MR) is 64.3 cm³/mol. The second-order valence-corrected chi connectivity index (χ2v) is 5.75. The van der Waals surface area contributed by atoms with Crippen LogP contribution in [-0.4, -0.2) is 42.5 Å². The van der Waals surface area contributed by atoms with Gasteiger partial charge in [-0.15, -0.1) is 0 Å². The van der Waals surface area contributed by atoms with E-state index in [9.17, 15) is 0 Å². The van der Waals surface area contributed by atoms with Crippen LogP contribution in [0.5, 0.6) is 0 Å². The maximum Gasteiger partial charge on any atom is 0.171 e.